The van der Waals surface area contributed by atoms with E-state index in [2.05, 4.69) is 25.3 Å². The van der Waals surface area contributed by atoms with Crippen molar-refractivity contribution >= 4 is 28.6 Å². The number of hydrogen-bond donors (Lipinski definition) is 2. The highest BCUT2D eigenvalue weighted by molar-refractivity contribution is 6.35. The molecule has 4 heterocycles. The Bertz CT molecular complexity index is 991. The van der Waals surface area contributed by atoms with Gasteiger partial charge in [-0.15, -0.1) is 0 Å². The van der Waals surface area contributed by atoms with E-state index in [4.69, 9.17) is 31.5 Å². The number of halogens is 1. The molecule has 3 aromatic heterocycles. The Morgan fingerprint density at radius 3 is 2.83 bits per heavy atom. The summed E-state index contributed by atoms with van der Waals surface area (Å²) in [5.41, 5.74) is 6.99. The molecule has 0 bridgehead atoms. The SMILES string of the molecule is CNc1c(N)ncc(Oc2cnn3cc(OCCN4CCOCC4)ncc23)c1Cl. The lowest BCUT2D eigenvalue weighted by atomic mass is 10.3. The number of morpholine rings is 1. The zero-order valence-electron chi connectivity index (χ0n) is 16.0. The van der Waals surface area contributed by atoms with E-state index in [0.717, 1.165) is 32.8 Å². The summed E-state index contributed by atoms with van der Waals surface area (Å²) in [4.78, 5) is 10.7. The van der Waals surface area contributed by atoms with E-state index >= 15 is 0 Å². The number of aromatic nitrogens is 4. The Labute approximate surface area is 172 Å². The van der Waals surface area contributed by atoms with Gasteiger partial charge in [-0.3, -0.25) is 4.90 Å². The fourth-order valence-electron chi connectivity index (χ4n) is 3.01. The molecule has 1 saturated heterocycles. The second-order valence-corrected chi connectivity index (χ2v) is 6.79. The number of fused-ring (bicyclic) bond motifs is 1. The Morgan fingerprint density at radius 1 is 1.21 bits per heavy atom. The summed E-state index contributed by atoms with van der Waals surface area (Å²) in [6.45, 7) is 4.75. The highest BCUT2D eigenvalue weighted by atomic mass is 35.5. The molecule has 1 aliphatic heterocycles. The number of pyridine rings is 1. The molecule has 10 nitrogen and oxygen atoms in total. The normalized spacial score (nSPS) is 14.8. The van der Waals surface area contributed by atoms with Crippen molar-refractivity contribution in [2.45, 2.75) is 0 Å². The molecule has 0 radical (unpaired) electrons. The van der Waals surface area contributed by atoms with E-state index in [0.29, 0.717) is 46.0 Å². The van der Waals surface area contributed by atoms with Crippen molar-refractivity contribution in [3.63, 3.8) is 0 Å². The number of ether oxygens (including phenoxy) is 3. The number of nitrogens with zero attached hydrogens (tertiary/aromatic N) is 5. The summed E-state index contributed by atoms with van der Waals surface area (Å²) in [6, 6.07) is 0. The van der Waals surface area contributed by atoms with Crippen molar-refractivity contribution in [1.29, 1.82) is 0 Å². The average molecular weight is 420 g/mol. The fraction of sp³-hybridized carbons (Fsp3) is 0.389. The number of nitrogen functional groups attached to an aromatic ring is 1. The lowest BCUT2D eigenvalue weighted by Crippen LogP contribution is -2.38. The summed E-state index contributed by atoms with van der Waals surface area (Å²) in [5, 5.41) is 7.56. The Kier molecular flexibility index (Phi) is 5.84. The maximum absolute atomic E-state index is 6.35. The zero-order valence-corrected chi connectivity index (χ0v) is 16.7. The van der Waals surface area contributed by atoms with Gasteiger partial charge in [-0.05, 0) is 0 Å². The smallest absolute Gasteiger partial charge is 0.232 e. The van der Waals surface area contributed by atoms with E-state index in [9.17, 15) is 0 Å². The molecule has 0 aliphatic carbocycles. The van der Waals surface area contributed by atoms with Crippen LogP contribution >= 0.6 is 11.6 Å². The third kappa shape index (κ3) is 4.29. The molecule has 11 heteroatoms. The minimum absolute atomic E-state index is 0.297. The summed E-state index contributed by atoms with van der Waals surface area (Å²) in [6.07, 6.45) is 6.41. The Balaban J connectivity index is 1.44. The minimum Gasteiger partial charge on any atom is -0.475 e. The molecular formula is C18H22ClN7O3. The van der Waals surface area contributed by atoms with Gasteiger partial charge in [-0.2, -0.15) is 5.10 Å². The summed E-state index contributed by atoms with van der Waals surface area (Å²) < 4.78 is 18.6. The van der Waals surface area contributed by atoms with Crippen LogP contribution < -0.4 is 20.5 Å². The molecule has 4 rings (SSSR count). The van der Waals surface area contributed by atoms with Gasteiger partial charge in [0.15, 0.2) is 11.5 Å². The second kappa shape index (κ2) is 8.68. The molecule has 1 fully saturated rings. The van der Waals surface area contributed by atoms with Gasteiger partial charge in [0.2, 0.25) is 5.88 Å². The lowest BCUT2D eigenvalue weighted by molar-refractivity contribution is 0.0319. The van der Waals surface area contributed by atoms with Crippen LogP contribution in [0.25, 0.3) is 5.52 Å². The van der Waals surface area contributed by atoms with E-state index in [1.165, 1.54) is 6.20 Å². The van der Waals surface area contributed by atoms with Gasteiger partial charge in [0.1, 0.15) is 23.0 Å². The monoisotopic (exact) mass is 419 g/mol. The highest BCUT2D eigenvalue weighted by Crippen LogP contribution is 2.38. The van der Waals surface area contributed by atoms with Crippen LogP contribution in [0.2, 0.25) is 5.02 Å². The topological polar surface area (TPSA) is 112 Å². The molecule has 0 amide bonds. The van der Waals surface area contributed by atoms with Crippen LogP contribution in [0.1, 0.15) is 0 Å². The van der Waals surface area contributed by atoms with Crippen LogP contribution in [0.4, 0.5) is 11.5 Å². The lowest BCUT2D eigenvalue weighted by Gasteiger charge is -2.26. The summed E-state index contributed by atoms with van der Waals surface area (Å²) in [7, 11) is 1.71. The molecule has 3 aromatic rings. The van der Waals surface area contributed by atoms with E-state index in [1.54, 1.807) is 30.2 Å². The third-order valence-electron chi connectivity index (χ3n) is 4.59. The van der Waals surface area contributed by atoms with E-state index in [1.807, 2.05) is 0 Å². The molecule has 1 aliphatic rings. The van der Waals surface area contributed by atoms with Gasteiger partial charge < -0.3 is 25.3 Å². The first-order valence-corrected chi connectivity index (χ1v) is 9.59. The van der Waals surface area contributed by atoms with Crippen molar-refractivity contribution in [3.05, 3.63) is 29.8 Å². The average Bonchev–Trinajstić information content (AvgIpc) is 3.13. The van der Waals surface area contributed by atoms with E-state index < -0.39 is 0 Å². The van der Waals surface area contributed by atoms with Crippen LogP contribution in [0.15, 0.2) is 24.8 Å². The molecule has 3 N–H and O–H groups in total. The first kappa shape index (κ1) is 19.5. The third-order valence-corrected chi connectivity index (χ3v) is 4.96. The van der Waals surface area contributed by atoms with Crippen molar-refractivity contribution in [1.82, 2.24) is 24.5 Å². The van der Waals surface area contributed by atoms with Crippen LogP contribution in [-0.4, -0.2) is 71.0 Å². The molecule has 0 aromatic carbocycles. The quantitative estimate of drug-likeness (QED) is 0.592. The number of anilines is 2. The van der Waals surface area contributed by atoms with Crippen LogP contribution in [-0.2, 0) is 4.74 Å². The van der Waals surface area contributed by atoms with Crippen molar-refractivity contribution in [3.8, 4) is 17.4 Å². The van der Waals surface area contributed by atoms with Crippen molar-refractivity contribution < 1.29 is 14.2 Å². The molecule has 154 valence electrons. The van der Waals surface area contributed by atoms with Gasteiger partial charge in [0.25, 0.3) is 0 Å². The van der Waals surface area contributed by atoms with Gasteiger partial charge in [0, 0.05) is 26.7 Å². The predicted octanol–water partition coefficient (Wildman–Crippen LogP) is 1.90. The van der Waals surface area contributed by atoms with E-state index in [-0.39, 0.29) is 0 Å². The summed E-state index contributed by atoms with van der Waals surface area (Å²) >= 11 is 6.35. The predicted molar refractivity (Wildman–Crippen MR) is 109 cm³/mol. The summed E-state index contributed by atoms with van der Waals surface area (Å²) in [5.74, 6) is 1.65. The van der Waals surface area contributed by atoms with Gasteiger partial charge in [-0.25, -0.2) is 14.5 Å². The molecule has 29 heavy (non-hydrogen) atoms. The Hall–Kier alpha value is -2.82. The number of rotatable bonds is 7. The van der Waals surface area contributed by atoms with Crippen molar-refractivity contribution in [2.75, 3.05) is 57.6 Å². The number of hydrogen-bond acceptors (Lipinski definition) is 9. The van der Waals surface area contributed by atoms with Crippen LogP contribution in [0.5, 0.6) is 17.4 Å². The second-order valence-electron chi connectivity index (χ2n) is 6.42. The zero-order chi connectivity index (χ0) is 20.2. The molecule has 0 spiro atoms. The van der Waals surface area contributed by atoms with Crippen LogP contribution in [0, 0.1) is 0 Å². The minimum atomic E-state index is 0.297. The molecule has 0 unspecified atom stereocenters. The van der Waals surface area contributed by atoms with Crippen LogP contribution in [0.3, 0.4) is 0 Å². The standard InChI is InChI=1S/C18H22ClN7O3/c1-21-17-16(19)14(9-23-18(17)20)29-13-10-24-26-11-15(22-8-12(13)26)28-7-4-25-2-5-27-6-3-25/h8-11,21H,2-7H2,1H3,(H2,20,23). The van der Waals surface area contributed by atoms with Gasteiger partial charge in [-0.1, -0.05) is 11.6 Å². The number of nitrogens with two attached hydrogens (primary N) is 1. The Morgan fingerprint density at radius 2 is 2.03 bits per heavy atom. The largest absolute Gasteiger partial charge is 0.475 e. The first-order valence-electron chi connectivity index (χ1n) is 9.21. The maximum Gasteiger partial charge on any atom is 0.232 e. The number of nitrogens with one attached hydrogen (secondary N) is 1. The maximum atomic E-state index is 6.35. The van der Waals surface area contributed by atoms with Gasteiger partial charge in [0.05, 0.1) is 43.7 Å². The van der Waals surface area contributed by atoms with Gasteiger partial charge >= 0.3 is 0 Å². The highest BCUT2D eigenvalue weighted by Gasteiger charge is 2.15. The first-order chi connectivity index (χ1) is 14.2. The van der Waals surface area contributed by atoms with Crippen molar-refractivity contribution in [2.24, 2.45) is 0 Å². The molecule has 0 atom stereocenters. The molecular weight excluding hydrogens is 398 g/mol. The fourth-order valence-corrected chi connectivity index (χ4v) is 3.29. The molecule has 0 saturated carbocycles.